The first kappa shape index (κ1) is 14.2. The molecule has 1 unspecified atom stereocenters. The third-order valence-corrected chi connectivity index (χ3v) is 4.87. The van der Waals surface area contributed by atoms with Crippen molar-refractivity contribution in [2.75, 3.05) is 6.61 Å². The summed E-state index contributed by atoms with van der Waals surface area (Å²) in [7, 11) is 0. The third-order valence-electron chi connectivity index (χ3n) is 3.69. The summed E-state index contributed by atoms with van der Waals surface area (Å²) >= 11 is 1.59. The Morgan fingerprint density at radius 2 is 2.33 bits per heavy atom. The van der Waals surface area contributed by atoms with Gasteiger partial charge in [-0.05, 0) is 50.5 Å². The lowest BCUT2D eigenvalue weighted by Crippen LogP contribution is -2.14. The lowest BCUT2D eigenvalue weighted by molar-refractivity contribution is -0.145. The molecule has 110 valence electrons. The van der Waals surface area contributed by atoms with Crippen LogP contribution in [0.5, 0.6) is 0 Å². The maximum absolute atomic E-state index is 13.4. The van der Waals surface area contributed by atoms with E-state index in [0.717, 1.165) is 34.0 Å². The number of carbonyl (C=O) groups excluding carboxylic acids is 1. The lowest BCUT2D eigenvalue weighted by atomic mass is 10.1. The van der Waals surface area contributed by atoms with E-state index in [0.29, 0.717) is 12.2 Å². The van der Waals surface area contributed by atoms with E-state index < -0.39 is 0 Å². The van der Waals surface area contributed by atoms with Gasteiger partial charge >= 0.3 is 5.97 Å². The van der Waals surface area contributed by atoms with Crippen molar-refractivity contribution >= 4 is 17.3 Å². The fraction of sp³-hybridized carbons (Fsp3) is 0.375. The first-order valence-electron chi connectivity index (χ1n) is 7.03. The van der Waals surface area contributed by atoms with Gasteiger partial charge in [0.2, 0.25) is 0 Å². The topological polar surface area (TPSA) is 39.2 Å². The number of carbonyl (C=O) groups is 1. The molecular formula is C16H16FNO2S. The van der Waals surface area contributed by atoms with Crippen LogP contribution in [0.4, 0.5) is 4.39 Å². The fourth-order valence-electron chi connectivity index (χ4n) is 2.60. The summed E-state index contributed by atoms with van der Waals surface area (Å²) < 4.78 is 18.5. The lowest BCUT2D eigenvalue weighted by Gasteiger charge is -2.07. The summed E-state index contributed by atoms with van der Waals surface area (Å²) in [6.07, 6.45) is 1.63. The van der Waals surface area contributed by atoms with Gasteiger partial charge in [-0.2, -0.15) is 0 Å². The standard InChI is InChI=1S/C16H16FNO2S/c1-3-20-16(19)11-5-7-13-14(11)18-15(21-13)10-4-6-12(17)9(2)8-10/h4,6,8,11H,3,5,7H2,1-2H3. The molecule has 0 saturated carbocycles. The minimum absolute atomic E-state index is 0.191. The molecule has 1 aromatic carbocycles. The molecule has 1 aromatic heterocycles. The van der Waals surface area contributed by atoms with Gasteiger partial charge in [0.1, 0.15) is 16.7 Å². The Hall–Kier alpha value is -1.75. The molecule has 0 fully saturated rings. The second kappa shape index (κ2) is 5.56. The van der Waals surface area contributed by atoms with Crippen LogP contribution in [0, 0.1) is 12.7 Å². The van der Waals surface area contributed by atoms with Gasteiger partial charge in [0.15, 0.2) is 0 Å². The number of rotatable bonds is 3. The summed E-state index contributed by atoms with van der Waals surface area (Å²) in [4.78, 5) is 17.7. The third kappa shape index (κ3) is 2.58. The van der Waals surface area contributed by atoms with Crippen LogP contribution >= 0.6 is 11.3 Å². The Balaban J connectivity index is 1.92. The first-order chi connectivity index (χ1) is 10.1. The average Bonchev–Trinajstić information content (AvgIpc) is 3.01. The quantitative estimate of drug-likeness (QED) is 0.809. The summed E-state index contributed by atoms with van der Waals surface area (Å²) in [6, 6.07) is 4.98. The number of halogens is 1. The van der Waals surface area contributed by atoms with E-state index >= 15 is 0 Å². The number of benzene rings is 1. The van der Waals surface area contributed by atoms with Gasteiger partial charge in [-0.3, -0.25) is 4.79 Å². The van der Waals surface area contributed by atoms with Crippen LogP contribution in [-0.4, -0.2) is 17.6 Å². The maximum Gasteiger partial charge on any atom is 0.315 e. The van der Waals surface area contributed by atoms with E-state index in [4.69, 9.17) is 4.74 Å². The van der Waals surface area contributed by atoms with Gasteiger partial charge in [0.05, 0.1) is 12.3 Å². The van der Waals surface area contributed by atoms with Crippen LogP contribution in [0.25, 0.3) is 10.6 Å². The van der Waals surface area contributed by atoms with E-state index in [-0.39, 0.29) is 17.7 Å². The van der Waals surface area contributed by atoms with Crippen molar-refractivity contribution < 1.29 is 13.9 Å². The summed E-state index contributed by atoms with van der Waals surface area (Å²) in [5, 5.41) is 0.845. The van der Waals surface area contributed by atoms with Gasteiger partial charge in [0, 0.05) is 10.4 Å². The Kier molecular flexibility index (Phi) is 3.76. The van der Waals surface area contributed by atoms with Crippen LogP contribution in [0.2, 0.25) is 0 Å². The molecule has 1 aliphatic carbocycles. The number of ether oxygens (including phenoxy) is 1. The highest BCUT2D eigenvalue weighted by atomic mass is 32.1. The molecule has 0 radical (unpaired) electrons. The van der Waals surface area contributed by atoms with Crippen molar-refractivity contribution in [1.82, 2.24) is 4.98 Å². The van der Waals surface area contributed by atoms with Crippen LogP contribution in [0.3, 0.4) is 0 Å². The van der Waals surface area contributed by atoms with Crippen molar-refractivity contribution in [3.05, 3.63) is 40.2 Å². The van der Waals surface area contributed by atoms with E-state index in [1.807, 2.05) is 6.92 Å². The molecule has 1 atom stereocenters. The smallest absolute Gasteiger partial charge is 0.315 e. The van der Waals surface area contributed by atoms with E-state index in [9.17, 15) is 9.18 Å². The fourth-order valence-corrected chi connectivity index (χ4v) is 3.74. The molecule has 0 N–H and O–H groups in total. The predicted molar refractivity (Wildman–Crippen MR) is 79.9 cm³/mol. The molecule has 0 bridgehead atoms. The monoisotopic (exact) mass is 305 g/mol. The Morgan fingerprint density at radius 3 is 3.05 bits per heavy atom. The molecule has 0 saturated heterocycles. The summed E-state index contributed by atoms with van der Waals surface area (Å²) in [5.74, 6) is -0.651. The number of hydrogen-bond donors (Lipinski definition) is 0. The van der Waals surface area contributed by atoms with E-state index in [2.05, 4.69) is 4.98 Å². The van der Waals surface area contributed by atoms with Crippen molar-refractivity contribution in [1.29, 1.82) is 0 Å². The summed E-state index contributed by atoms with van der Waals surface area (Å²) in [6.45, 7) is 3.93. The highest BCUT2D eigenvalue weighted by Gasteiger charge is 2.33. The predicted octanol–water partition coefficient (Wildman–Crippen LogP) is 3.85. The van der Waals surface area contributed by atoms with Crippen LogP contribution < -0.4 is 0 Å². The van der Waals surface area contributed by atoms with Gasteiger partial charge in [0.25, 0.3) is 0 Å². The SMILES string of the molecule is CCOC(=O)C1CCc2sc(-c3ccc(F)c(C)c3)nc21. The largest absolute Gasteiger partial charge is 0.465 e. The summed E-state index contributed by atoms with van der Waals surface area (Å²) in [5.41, 5.74) is 2.34. The number of thiazole rings is 1. The molecular weight excluding hydrogens is 289 g/mol. The van der Waals surface area contributed by atoms with Crippen molar-refractivity contribution in [3.63, 3.8) is 0 Å². The van der Waals surface area contributed by atoms with Crippen LogP contribution in [0.15, 0.2) is 18.2 Å². The molecule has 0 aliphatic heterocycles. The number of esters is 1. The molecule has 0 amide bonds. The number of fused-ring (bicyclic) bond motifs is 1. The van der Waals surface area contributed by atoms with Gasteiger partial charge < -0.3 is 4.74 Å². The highest BCUT2D eigenvalue weighted by molar-refractivity contribution is 7.15. The number of aromatic nitrogens is 1. The second-order valence-electron chi connectivity index (χ2n) is 5.13. The van der Waals surface area contributed by atoms with Crippen LogP contribution in [-0.2, 0) is 16.0 Å². The Labute approximate surface area is 126 Å². The van der Waals surface area contributed by atoms with Gasteiger partial charge in [-0.1, -0.05) is 0 Å². The molecule has 1 aliphatic rings. The Morgan fingerprint density at radius 1 is 1.52 bits per heavy atom. The molecule has 3 rings (SSSR count). The van der Waals surface area contributed by atoms with E-state index in [1.54, 1.807) is 30.4 Å². The zero-order chi connectivity index (χ0) is 15.0. The van der Waals surface area contributed by atoms with Gasteiger partial charge in [-0.25, -0.2) is 9.37 Å². The number of aryl methyl sites for hydroxylation is 2. The molecule has 0 spiro atoms. The zero-order valence-corrected chi connectivity index (χ0v) is 12.8. The average molecular weight is 305 g/mol. The van der Waals surface area contributed by atoms with Gasteiger partial charge in [-0.15, -0.1) is 11.3 Å². The molecule has 21 heavy (non-hydrogen) atoms. The normalized spacial score (nSPS) is 16.8. The maximum atomic E-state index is 13.4. The first-order valence-corrected chi connectivity index (χ1v) is 7.84. The zero-order valence-electron chi connectivity index (χ0n) is 12.0. The van der Waals surface area contributed by atoms with Crippen molar-refractivity contribution in [2.45, 2.75) is 32.6 Å². The van der Waals surface area contributed by atoms with Crippen LogP contribution in [0.1, 0.15) is 35.4 Å². The van der Waals surface area contributed by atoms with Crippen molar-refractivity contribution in [3.8, 4) is 10.6 Å². The Bertz CT molecular complexity index is 696. The minimum Gasteiger partial charge on any atom is -0.465 e. The van der Waals surface area contributed by atoms with Crippen molar-refractivity contribution in [2.24, 2.45) is 0 Å². The van der Waals surface area contributed by atoms with E-state index in [1.165, 1.54) is 6.07 Å². The number of hydrogen-bond acceptors (Lipinski definition) is 4. The molecule has 2 aromatic rings. The molecule has 3 nitrogen and oxygen atoms in total. The number of nitrogens with zero attached hydrogens (tertiary/aromatic N) is 1. The molecule has 1 heterocycles. The minimum atomic E-state index is -0.244. The molecule has 5 heteroatoms. The highest BCUT2D eigenvalue weighted by Crippen LogP contribution is 2.40. The second-order valence-corrected chi connectivity index (χ2v) is 6.22.